The van der Waals surface area contributed by atoms with E-state index in [-0.39, 0.29) is 5.91 Å². The normalized spacial score (nSPS) is 14.3. The second-order valence-electron chi connectivity index (χ2n) is 10.7. The Hall–Kier alpha value is -4.45. The zero-order valence-electron chi connectivity index (χ0n) is 24.4. The number of amides is 1. The highest BCUT2D eigenvalue weighted by atomic mass is 16.5. The van der Waals surface area contributed by atoms with Gasteiger partial charge in [0.2, 0.25) is 0 Å². The number of anilines is 3. The molecule has 0 aromatic heterocycles. The Bertz CT molecular complexity index is 1540. The first-order chi connectivity index (χ1) is 20.0. The molecule has 0 unspecified atom stereocenters. The molecule has 2 aliphatic rings. The van der Waals surface area contributed by atoms with Gasteiger partial charge < -0.3 is 25.2 Å². The van der Waals surface area contributed by atoms with Gasteiger partial charge in [-0.2, -0.15) is 0 Å². The van der Waals surface area contributed by atoms with Crippen LogP contribution in [-0.4, -0.2) is 37.0 Å². The van der Waals surface area contributed by atoms with Gasteiger partial charge in [0.25, 0.3) is 5.91 Å². The lowest BCUT2D eigenvalue weighted by Gasteiger charge is -2.45. The summed E-state index contributed by atoms with van der Waals surface area (Å²) in [5.74, 6) is 1.53. The standard InChI is InChI=1S/C35H38N4O2/c1-5-37(6-2)25-17-19-29-32(21-25)41-33-22-26(38(7-3)8-4)18-20-30(33)35(29)28-15-11-10-14-27(28)34(40)39(35)23-24-13-9-12-16-31(24)36/h9-22H,5-8,23,36H2,1-4H3. The molecule has 6 heteroatoms. The molecule has 6 nitrogen and oxygen atoms in total. The van der Waals surface area contributed by atoms with E-state index in [1.807, 2.05) is 47.4 Å². The molecular formula is C35H38N4O2. The Balaban J connectivity index is 1.66. The summed E-state index contributed by atoms with van der Waals surface area (Å²) in [6.07, 6.45) is 0. The third kappa shape index (κ3) is 4.04. The molecule has 0 fully saturated rings. The Morgan fingerprint density at radius 3 is 1.80 bits per heavy atom. The van der Waals surface area contributed by atoms with Gasteiger partial charge in [0.05, 0.1) is 0 Å². The molecular weight excluding hydrogens is 508 g/mol. The number of rotatable bonds is 8. The molecule has 1 amide bonds. The maximum Gasteiger partial charge on any atom is 0.255 e. The zero-order chi connectivity index (χ0) is 28.7. The molecule has 2 aliphatic heterocycles. The van der Waals surface area contributed by atoms with Crippen LogP contribution in [0.4, 0.5) is 17.1 Å². The molecule has 0 aliphatic carbocycles. The summed E-state index contributed by atoms with van der Waals surface area (Å²) in [6, 6.07) is 28.7. The SMILES string of the molecule is CCN(CC)c1ccc2c(c1)Oc1cc(N(CC)CC)ccc1C21c2ccccc2C(=O)N1Cc1ccccc1N. The topological polar surface area (TPSA) is 62.0 Å². The van der Waals surface area contributed by atoms with E-state index < -0.39 is 5.54 Å². The van der Waals surface area contributed by atoms with Crippen LogP contribution in [0.25, 0.3) is 0 Å². The fourth-order valence-electron chi connectivity index (χ4n) is 6.67. The Labute approximate surface area is 242 Å². The maximum atomic E-state index is 14.4. The van der Waals surface area contributed by atoms with E-state index in [1.165, 1.54) is 0 Å². The van der Waals surface area contributed by atoms with E-state index in [0.717, 1.165) is 71.3 Å². The minimum atomic E-state index is -0.873. The second-order valence-corrected chi connectivity index (χ2v) is 10.7. The van der Waals surface area contributed by atoms with Gasteiger partial charge in [-0.1, -0.05) is 48.5 Å². The second kappa shape index (κ2) is 10.5. The monoisotopic (exact) mass is 546 g/mol. The van der Waals surface area contributed by atoms with Gasteiger partial charge in [-0.25, -0.2) is 0 Å². The molecule has 0 bridgehead atoms. The van der Waals surface area contributed by atoms with Crippen LogP contribution in [0.3, 0.4) is 0 Å². The van der Waals surface area contributed by atoms with Crippen molar-refractivity contribution in [3.8, 4) is 11.5 Å². The lowest BCUT2D eigenvalue weighted by Crippen LogP contribution is -2.47. The molecule has 1 spiro atoms. The molecule has 0 radical (unpaired) electrons. The minimum absolute atomic E-state index is 0.0108. The number of hydrogen-bond donors (Lipinski definition) is 1. The van der Waals surface area contributed by atoms with Crippen LogP contribution in [0.5, 0.6) is 11.5 Å². The van der Waals surface area contributed by atoms with Gasteiger partial charge in [0, 0.05) is 78.6 Å². The summed E-state index contributed by atoms with van der Waals surface area (Å²) < 4.78 is 6.78. The van der Waals surface area contributed by atoms with Crippen molar-refractivity contribution in [1.82, 2.24) is 4.90 Å². The summed E-state index contributed by atoms with van der Waals surface area (Å²) in [6.45, 7) is 12.6. The summed E-state index contributed by atoms with van der Waals surface area (Å²) in [7, 11) is 0. The number of nitrogens with zero attached hydrogens (tertiary/aromatic N) is 3. The van der Waals surface area contributed by atoms with Crippen molar-refractivity contribution >= 4 is 23.0 Å². The van der Waals surface area contributed by atoms with Gasteiger partial charge in [-0.15, -0.1) is 0 Å². The van der Waals surface area contributed by atoms with Gasteiger partial charge in [-0.05, 0) is 63.1 Å². The zero-order valence-corrected chi connectivity index (χ0v) is 24.4. The highest BCUT2D eigenvalue weighted by Gasteiger charge is 2.56. The first-order valence-electron chi connectivity index (χ1n) is 14.7. The summed E-state index contributed by atoms with van der Waals surface area (Å²) in [5.41, 5.74) is 13.0. The van der Waals surface area contributed by atoms with Crippen molar-refractivity contribution in [1.29, 1.82) is 0 Å². The Kier molecular flexibility index (Phi) is 6.86. The van der Waals surface area contributed by atoms with Crippen molar-refractivity contribution in [3.63, 3.8) is 0 Å². The van der Waals surface area contributed by atoms with E-state index >= 15 is 0 Å². The Morgan fingerprint density at radius 1 is 0.707 bits per heavy atom. The predicted octanol–water partition coefficient (Wildman–Crippen LogP) is 7.01. The number of nitrogens with two attached hydrogens (primary N) is 1. The van der Waals surface area contributed by atoms with Crippen LogP contribution in [0.15, 0.2) is 84.9 Å². The highest BCUT2D eigenvalue weighted by molar-refractivity contribution is 6.02. The van der Waals surface area contributed by atoms with Crippen LogP contribution in [0.1, 0.15) is 60.3 Å². The van der Waals surface area contributed by atoms with E-state index in [2.05, 4.69) is 80.0 Å². The quantitative estimate of drug-likeness (QED) is 0.241. The molecule has 4 aromatic carbocycles. The van der Waals surface area contributed by atoms with Crippen LogP contribution in [0.2, 0.25) is 0 Å². The van der Waals surface area contributed by atoms with Crippen LogP contribution in [0, 0.1) is 0 Å². The summed E-state index contributed by atoms with van der Waals surface area (Å²) in [4.78, 5) is 21.0. The van der Waals surface area contributed by atoms with Gasteiger partial charge in [0.1, 0.15) is 17.0 Å². The number of benzene rings is 4. The molecule has 2 N–H and O–H groups in total. The van der Waals surface area contributed by atoms with Crippen molar-refractivity contribution in [2.24, 2.45) is 0 Å². The first-order valence-corrected chi connectivity index (χ1v) is 14.7. The van der Waals surface area contributed by atoms with Gasteiger partial charge in [0.15, 0.2) is 0 Å². The third-order valence-electron chi connectivity index (χ3n) is 8.77. The fraction of sp³-hybridized carbons (Fsp3) is 0.286. The predicted molar refractivity (Wildman–Crippen MR) is 167 cm³/mol. The van der Waals surface area contributed by atoms with E-state index in [1.54, 1.807) is 0 Å². The average molecular weight is 547 g/mol. The van der Waals surface area contributed by atoms with Gasteiger partial charge >= 0.3 is 0 Å². The number of fused-ring (bicyclic) bond motifs is 6. The van der Waals surface area contributed by atoms with Crippen molar-refractivity contribution < 1.29 is 9.53 Å². The first kappa shape index (κ1) is 26.8. The van der Waals surface area contributed by atoms with E-state index in [0.29, 0.717) is 17.8 Å². The van der Waals surface area contributed by atoms with Crippen molar-refractivity contribution in [3.05, 3.63) is 113 Å². The number of carbonyl (C=O) groups excluding carboxylic acids is 1. The van der Waals surface area contributed by atoms with Crippen molar-refractivity contribution in [2.75, 3.05) is 41.7 Å². The van der Waals surface area contributed by atoms with Gasteiger partial charge in [-0.3, -0.25) is 4.79 Å². The van der Waals surface area contributed by atoms with E-state index in [9.17, 15) is 4.79 Å². The summed E-state index contributed by atoms with van der Waals surface area (Å²) in [5, 5.41) is 0. The molecule has 6 rings (SSSR count). The summed E-state index contributed by atoms with van der Waals surface area (Å²) >= 11 is 0. The molecule has 0 saturated carbocycles. The fourth-order valence-corrected chi connectivity index (χ4v) is 6.67. The van der Waals surface area contributed by atoms with Crippen LogP contribution < -0.4 is 20.3 Å². The average Bonchev–Trinajstić information content (AvgIpc) is 3.23. The van der Waals surface area contributed by atoms with Crippen LogP contribution in [-0.2, 0) is 12.1 Å². The molecule has 4 aromatic rings. The number of ether oxygens (including phenoxy) is 1. The molecule has 210 valence electrons. The largest absolute Gasteiger partial charge is 0.456 e. The Morgan fingerprint density at radius 2 is 1.24 bits per heavy atom. The number of nitrogen functional groups attached to an aromatic ring is 1. The number of para-hydroxylation sites is 1. The lowest BCUT2D eigenvalue weighted by molar-refractivity contribution is 0.0646. The molecule has 0 saturated heterocycles. The molecule has 41 heavy (non-hydrogen) atoms. The molecule has 0 atom stereocenters. The maximum absolute atomic E-state index is 14.4. The smallest absolute Gasteiger partial charge is 0.255 e. The van der Waals surface area contributed by atoms with E-state index in [4.69, 9.17) is 10.5 Å². The third-order valence-corrected chi connectivity index (χ3v) is 8.77. The number of hydrogen-bond acceptors (Lipinski definition) is 5. The van der Waals surface area contributed by atoms with Crippen molar-refractivity contribution in [2.45, 2.75) is 39.8 Å². The molecule has 2 heterocycles. The number of carbonyl (C=O) groups is 1. The lowest BCUT2D eigenvalue weighted by atomic mass is 9.74. The minimum Gasteiger partial charge on any atom is -0.456 e. The highest BCUT2D eigenvalue weighted by Crippen LogP contribution is 2.58. The van der Waals surface area contributed by atoms with Crippen LogP contribution >= 0.6 is 0 Å².